The Labute approximate surface area is 146 Å². The van der Waals surface area contributed by atoms with E-state index in [1.54, 1.807) is 0 Å². The third-order valence-corrected chi connectivity index (χ3v) is 7.20. The highest BCUT2D eigenvalue weighted by molar-refractivity contribution is 7.19. The largest absolute Gasteiger partial charge is 0.435 e. The van der Waals surface area contributed by atoms with Crippen LogP contribution in [0.3, 0.4) is 0 Å². The van der Waals surface area contributed by atoms with Crippen molar-refractivity contribution in [3.8, 4) is 0 Å². The molecule has 1 heterocycles. The standard InChI is InChI=1S/C18H35BO3P/c1-11(2)18(9)16(5,6)21-14-12(10-13(14)20-18)19-22-15(3,4)17(7,8)23/h11-14H,10,23H2,1-9H3. The highest BCUT2D eigenvalue weighted by Crippen LogP contribution is 2.52. The minimum absolute atomic E-state index is 0.00601. The molecular formula is C18H35BO3P. The van der Waals surface area contributed by atoms with E-state index in [1.165, 1.54) is 0 Å². The third-order valence-electron chi connectivity index (χ3n) is 6.51. The molecule has 5 atom stereocenters. The Hall–Kier alpha value is 0.375. The lowest BCUT2D eigenvalue weighted by Gasteiger charge is -2.61. The molecule has 23 heavy (non-hydrogen) atoms. The zero-order valence-electron chi connectivity index (χ0n) is 16.4. The molecule has 133 valence electrons. The molecule has 0 aromatic carbocycles. The minimum atomic E-state index is -0.301. The first kappa shape index (κ1) is 19.7. The number of fused-ring (bicyclic) bond motifs is 1. The van der Waals surface area contributed by atoms with Crippen molar-refractivity contribution < 1.29 is 14.1 Å². The molecule has 0 N–H and O–H groups in total. The molecule has 0 aromatic rings. The molecule has 2 fully saturated rings. The predicted molar refractivity (Wildman–Crippen MR) is 100 cm³/mol. The second kappa shape index (κ2) is 5.97. The minimum Gasteiger partial charge on any atom is -0.435 e. The van der Waals surface area contributed by atoms with Gasteiger partial charge in [0.15, 0.2) is 0 Å². The predicted octanol–water partition coefficient (Wildman–Crippen LogP) is 4.22. The molecule has 2 aliphatic rings. The molecular weight excluding hydrogens is 306 g/mol. The fourth-order valence-electron chi connectivity index (χ4n) is 3.18. The Morgan fingerprint density at radius 3 is 2.17 bits per heavy atom. The van der Waals surface area contributed by atoms with Gasteiger partial charge in [-0.1, -0.05) is 27.7 Å². The Morgan fingerprint density at radius 2 is 1.70 bits per heavy atom. The highest BCUT2D eigenvalue weighted by atomic mass is 31.0. The van der Waals surface area contributed by atoms with Gasteiger partial charge in [-0.05, 0) is 52.8 Å². The molecule has 1 saturated carbocycles. The van der Waals surface area contributed by atoms with Crippen LogP contribution < -0.4 is 0 Å². The molecule has 1 radical (unpaired) electrons. The summed E-state index contributed by atoms with van der Waals surface area (Å²) in [5, 5.41) is 0.00601. The molecule has 0 amide bonds. The van der Waals surface area contributed by atoms with Crippen LogP contribution >= 0.6 is 9.24 Å². The zero-order chi connectivity index (χ0) is 17.8. The second-order valence-electron chi connectivity index (χ2n) is 9.40. The molecule has 1 aliphatic carbocycles. The number of hydrogen-bond donors (Lipinski definition) is 0. The summed E-state index contributed by atoms with van der Waals surface area (Å²) in [6, 6.07) is 0. The van der Waals surface area contributed by atoms with Crippen molar-refractivity contribution in [1.82, 2.24) is 0 Å². The van der Waals surface area contributed by atoms with Crippen LogP contribution in [0, 0.1) is 5.92 Å². The summed E-state index contributed by atoms with van der Waals surface area (Å²) >= 11 is 0. The smallest absolute Gasteiger partial charge is 0.299 e. The van der Waals surface area contributed by atoms with E-state index in [4.69, 9.17) is 14.1 Å². The molecule has 2 rings (SSSR count). The van der Waals surface area contributed by atoms with Crippen LogP contribution in [0.15, 0.2) is 0 Å². The monoisotopic (exact) mass is 341 g/mol. The number of ether oxygens (including phenoxy) is 2. The van der Waals surface area contributed by atoms with E-state index in [0.717, 1.165) is 6.42 Å². The average molecular weight is 341 g/mol. The van der Waals surface area contributed by atoms with Crippen LogP contribution in [0.5, 0.6) is 0 Å². The molecule has 0 bridgehead atoms. The maximum atomic E-state index is 6.47. The van der Waals surface area contributed by atoms with Crippen LogP contribution in [0.25, 0.3) is 0 Å². The lowest BCUT2D eigenvalue weighted by atomic mass is 9.59. The van der Waals surface area contributed by atoms with Crippen LogP contribution in [-0.4, -0.2) is 41.6 Å². The van der Waals surface area contributed by atoms with Crippen LogP contribution in [0.4, 0.5) is 0 Å². The Kier molecular flexibility index (Phi) is 5.11. The topological polar surface area (TPSA) is 27.7 Å². The first-order chi connectivity index (χ1) is 10.2. The summed E-state index contributed by atoms with van der Waals surface area (Å²) in [4.78, 5) is 0. The normalized spacial score (nSPS) is 37.3. The first-order valence-electron chi connectivity index (χ1n) is 8.87. The van der Waals surface area contributed by atoms with Crippen molar-refractivity contribution in [2.75, 3.05) is 0 Å². The SMILES string of the molecule is CC(C)C1(C)OC2CC([B]OC(C)(C)C(C)(C)P)C2OC1(C)C. The van der Waals surface area contributed by atoms with Gasteiger partial charge in [0.05, 0.1) is 29.0 Å². The lowest BCUT2D eigenvalue weighted by Crippen LogP contribution is -2.69. The van der Waals surface area contributed by atoms with Gasteiger partial charge < -0.3 is 14.1 Å². The van der Waals surface area contributed by atoms with E-state index in [0.29, 0.717) is 11.7 Å². The highest BCUT2D eigenvalue weighted by Gasteiger charge is 2.59. The molecule has 5 unspecified atom stereocenters. The molecule has 5 heteroatoms. The fraction of sp³-hybridized carbons (Fsp3) is 1.00. The first-order valence-corrected chi connectivity index (χ1v) is 9.45. The number of rotatable bonds is 5. The van der Waals surface area contributed by atoms with Crippen molar-refractivity contribution in [2.24, 2.45) is 5.92 Å². The van der Waals surface area contributed by atoms with Crippen molar-refractivity contribution in [2.45, 2.75) is 109 Å². The van der Waals surface area contributed by atoms with Crippen molar-refractivity contribution >= 4 is 16.7 Å². The zero-order valence-corrected chi connectivity index (χ0v) is 17.6. The lowest BCUT2D eigenvalue weighted by molar-refractivity contribution is -0.338. The maximum Gasteiger partial charge on any atom is 0.299 e. The van der Waals surface area contributed by atoms with E-state index < -0.39 is 0 Å². The summed E-state index contributed by atoms with van der Waals surface area (Å²) in [5.41, 5.74) is -0.786. The van der Waals surface area contributed by atoms with E-state index >= 15 is 0 Å². The summed E-state index contributed by atoms with van der Waals surface area (Å²) in [7, 11) is 4.87. The Balaban J connectivity index is 1.98. The van der Waals surface area contributed by atoms with Gasteiger partial charge in [0.25, 0.3) is 7.48 Å². The molecule has 1 aliphatic heterocycles. The van der Waals surface area contributed by atoms with Gasteiger partial charge in [-0.25, -0.2) is 0 Å². The van der Waals surface area contributed by atoms with Gasteiger partial charge in [-0.3, -0.25) is 0 Å². The Morgan fingerprint density at radius 1 is 1.13 bits per heavy atom. The quantitative estimate of drug-likeness (QED) is 0.553. The van der Waals surface area contributed by atoms with E-state index in [2.05, 4.69) is 71.6 Å². The van der Waals surface area contributed by atoms with Crippen molar-refractivity contribution in [3.05, 3.63) is 0 Å². The Bertz CT molecular complexity index is 444. The van der Waals surface area contributed by atoms with E-state index in [1.807, 2.05) is 7.48 Å². The van der Waals surface area contributed by atoms with Crippen molar-refractivity contribution in [1.29, 1.82) is 0 Å². The van der Waals surface area contributed by atoms with Crippen LogP contribution in [0.2, 0.25) is 5.82 Å². The summed E-state index contributed by atoms with van der Waals surface area (Å²) < 4.78 is 19.1. The number of hydrogen-bond acceptors (Lipinski definition) is 3. The molecule has 1 saturated heterocycles. The fourth-order valence-corrected chi connectivity index (χ4v) is 3.25. The molecule has 3 nitrogen and oxygen atoms in total. The van der Waals surface area contributed by atoms with E-state index in [-0.39, 0.29) is 34.2 Å². The summed E-state index contributed by atoms with van der Waals surface area (Å²) in [5.74, 6) is 0.720. The van der Waals surface area contributed by atoms with Crippen LogP contribution in [0.1, 0.15) is 68.7 Å². The van der Waals surface area contributed by atoms with Gasteiger partial charge in [0, 0.05) is 5.16 Å². The molecule has 0 aromatic heterocycles. The third kappa shape index (κ3) is 3.39. The van der Waals surface area contributed by atoms with Gasteiger partial charge in [0.1, 0.15) is 0 Å². The molecule has 0 spiro atoms. The van der Waals surface area contributed by atoms with Gasteiger partial charge in [-0.2, -0.15) is 0 Å². The maximum absolute atomic E-state index is 6.47. The van der Waals surface area contributed by atoms with Crippen LogP contribution in [-0.2, 0) is 14.1 Å². The average Bonchev–Trinajstić information content (AvgIpc) is 2.36. The summed E-state index contributed by atoms with van der Waals surface area (Å²) in [6.07, 6.45) is 1.28. The van der Waals surface area contributed by atoms with Gasteiger partial charge >= 0.3 is 0 Å². The second-order valence-corrected chi connectivity index (χ2v) is 10.8. The van der Waals surface area contributed by atoms with Gasteiger partial charge in [0.2, 0.25) is 0 Å². The van der Waals surface area contributed by atoms with Crippen molar-refractivity contribution in [3.63, 3.8) is 0 Å². The summed E-state index contributed by atoms with van der Waals surface area (Å²) in [6.45, 7) is 19.5. The van der Waals surface area contributed by atoms with E-state index in [9.17, 15) is 0 Å². The van der Waals surface area contributed by atoms with Gasteiger partial charge in [-0.15, -0.1) is 9.24 Å².